The lowest BCUT2D eigenvalue weighted by atomic mass is 9.68. The van der Waals surface area contributed by atoms with Gasteiger partial charge >= 0.3 is 11.9 Å². The highest BCUT2D eigenvalue weighted by Gasteiger charge is 2.36. The highest BCUT2D eigenvalue weighted by molar-refractivity contribution is 5.93. The average molecular weight is 278 g/mol. The van der Waals surface area contributed by atoms with E-state index in [1.54, 1.807) is 0 Å². The Morgan fingerprint density at radius 1 is 1.05 bits per heavy atom. The van der Waals surface area contributed by atoms with Crippen molar-refractivity contribution < 1.29 is 24.9 Å². The molecule has 1 aliphatic carbocycles. The molecule has 0 aromatic heterocycles. The predicted octanol–water partition coefficient (Wildman–Crippen LogP) is 2.28. The van der Waals surface area contributed by atoms with Gasteiger partial charge in [-0.05, 0) is 36.6 Å². The molecule has 0 bridgehead atoms. The van der Waals surface area contributed by atoms with Crippen LogP contribution in [0.25, 0.3) is 0 Å². The Kier molecular flexibility index (Phi) is 4.09. The van der Waals surface area contributed by atoms with Crippen LogP contribution in [0.5, 0.6) is 0 Å². The van der Waals surface area contributed by atoms with Gasteiger partial charge in [0.05, 0.1) is 17.7 Å². The molecule has 1 fully saturated rings. The summed E-state index contributed by atoms with van der Waals surface area (Å²) >= 11 is 0. The molecule has 1 aromatic rings. The molecule has 0 atom stereocenters. The van der Waals surface area contributed by atoms with Crippen molar-refractivity contribution in [3.05, 3.63) is 34.9 Å². The van der Waals surface area contributed by atoms with Crippen LogP contribution < -0.4 is 0 Å². The second-order valence-electron chi connectivity index (χ2n) is 5.37. The minimum absolute atomic E-state index is 0.0587. The second kappa shape index (κ2) is 5.63. The minimum Gasteiger partial charge on any atom is -0.478 e. The highest BCUT2D eigenvalue weighted by Crippen LogP contribution is 2.41. The summed E-state index contributed by atoms with van der Waals surface area (Å²) in [6.07, 6.45) is 4.26. The fraction of sp³-hybridized carbons (Fsp3) is 0.467. The van der Waals surface area contributed by atoms with E-state index in [1.165, 1.54) is 18.2 Å². The third-order valence-corrected chi connectivity index (χ3v) is 4.18. The first kappa shape index (κ1) is 14.5. The molecule has 0 unspecified atom stereocenters. The van der Waals surface area contributed by atoms with E-state index in [0.717, 1.165) is 19.3 Å². The normalized spacial score (nSPS) is 17.6. The van der Waals surface area contributed by atoms with Gasteiger partial charge in [0.15, 0.2) is 0 Å². The maximum Gasteiger partial charge on any atom is 0.335 e. The lowest BCUT2D eigenvalue weighted by molar-refractivity contribution is 0.0674. The van der Waals surface area contributed by atoms with Crippen LogP contribution in [0.1, 0.15) is 58.4 Å². The third kappa shape index (κ3) is 2.54. The fourth-order valence-electron chi connectivity index (χ4n) is 3.04. The SMILES string of the molecule is O=C(O)c1ccc(C(=O)O)c(C2(CO)CCCCC2)c1. The first-order valence-electron chi connectivity index (χ1n) is 6.72. The van der Waals surface area contributed by atoms with E-state index in [1.807, 2.05) is 0 Å². The lowest BCUT2D eigenvalue weighted by Gasteiger charge is -2.37. The van der Waals surface area contributed by atoms with Crippen LogP contribution in [0.15, 0.2) is 18.2 Å². The van der Waals surface area contributed by atoms with Gasteiger partial charge in [0.25, 0.3) is 0 Å². The van der Waals surface area contributed by atoms with Crippen LogP contribution in [0.3, 0.4) is 0 Å². The minimum atomic E-state index is -1.09. The molecule has 3 N–H and O–H groups in total. The van der Waals surface area contributed by atoms with Gasteiger partial charge in [-0.1, -0.05) is 19.3 Å². The lowest BCUT2D eigenvalue weighted by Crippen LogP contribution is -2.35. The van der Waals surface area contributed by atoms with Crippen molar-refractivity contribution >= 4 is 11.9 Å². The standard InChI is InChI=1S/C15H18O5/c16-9-15(6-2-1-3-7-15)12-8-10(13(17)18)4-5-11(12)14(19)20/h4-5,8,16H,1-3,6-7,9H2,(H,17,18)(H,19,20). The van der Waals surface area contributed by atoms with Gasteiger partial charge in [-0.25, -0.2) is 9.59 Å². The number of hydrogen-bond donors (Lipinski definition) is 3. The van der Waals surface area contributed by atoms with Crippen LogP contribution in [0.4, 0.5) is 0 Å². The Labute approximate surface area is 116 Å². The summed E-state index contributed by atoms with van der Waals surface area (Å²) in [6.45, 7) is -0.156. The Balaban J connectivity index is 2.58. The van der Waals surface area contributed by atoms with Crippen LogP contribution in [-0.4, -0.2) is 33.9 Å². The molecule has 20 heavy (non-hydrogen) atoms. The summed E-state index contributed by atoms with van der Waals surface area (Å²) in [5.74, 6) is -2.18. The van der Waals surface area contributed by atoms with Crippen molar-refractivity contribution in [2.45, 2.75) is 37.5 Å². The van der Waals surface area contributed by atoms with Crippen molar-refractivity contribution in [2.24, 2.45) is 0 Å². The molecule has 1 aliphatic rings. The summed E-state index contributed by atoms with van der Waals surface area (Å²) in [5, 5.41) is 28.2. The Bertz CT molecular complexity index is 529. The molecule has 0 heterocycles. The molecule has 108 valence electrons. The Hall–Kier alpha value is -1.88. The molecule has 5 nitrogen and oxygen atoms in total. The molecule has 0 aliphatic heterocycles. The van der Waals surface area contributed by atoms with Crippen LogP contribution >= 0.6 is 0 Å². The third-order valence-electron chi connectivity index (χ3n) is 4.18. The number of aliphatic hydroxyl groups excluding tert-OH is 1. The van der Waals surface area contributed by atoms with Crippen LogP contribution in [-0.2, 0) is 5.41 Å². The van der Waals surface area contributed by atoms with E-state index in [9.17, 15) is 19.8 Å². The van der Waals surface area contributed by atoms with E-state index in [2.05, 4.69) is 0 Å². The van der Waals surface area contributed by atoms with E-state index in [-0.39, 0.29) is 17.7 Å². The summed E-state index contributed by atoms with van der Waals surface area (Å²) in [5.41, 5.74) is -0.0290. The summed E-state index contributed by atoms with van der Waals surface area (Å²) in [6, 6.07) is 4.03. The van der Waals surface area contributed by atoms with Crippen molar-refractivity contribution in [1.82, 2.24) is 0 Å². The smallest absolute Gasteiger partial charge is 0.335 e. The van der Waals surface area contributed by atoms with Gasteiger partial charge < -0.3 is 15.3 Å². The van der Waals surface area contributed by atoms with Gasteiger partial charge in [0, 0.05) is 5.41 Å². The molecule has 1 saturated carbocycles. The molecule has 0 spiro atoms. The zero-order valence-electron chi connectivity index (χ0n) is 11.1. The first-order valence-corrected chi connectivity index (χ1v) is 6.72. The van der Waals surface area contributed by atoms with Crippen LogP contribution in [0, 0.1) is 0 Å². The Morgan fingerprint density at radius 3 is 2.20 bits per heavy atom. The topological polar surface area (TPSA) is 94.8 Å². The number of hydrogen-bond acceptors (Lipinski definition) is 3. The number of carboxylic acid groups (broad SMARTS) is 2. The second-order valence-corrected chi connectivity index (χ2v) is 5.37. The summed E-state index contributed by atoms with van der Waals surface area (Å²) in [4.78, 5) is 22.5. The fourth-order valence-corrected chi connectivity index (χ4v) is 3.04. The van der Waals surface area contributed by atoms with E-state index < -0.39 is 17.4 Å². The molecule has 2 rings (SSSR count). The van der Waals surface area contributed by atoms with Crippen LogP contribution in [0.2, 0.25) is 0 Å². The largest absolute Gasteiger partial charge is 0.478 e. The van der Waals surface area contributed by atoms with Gasteiger partial charge in [0.2, 0.25) is 0 Å². The van der Waals surface area contributed by atoms with Gasteiger partial charge in [-0.2, -0.15) is 0 Å². The molecular formula is C15H18O5. The number of aromatic carboxylic acids is 2. The van der Waals surface area contributed by atoms with E-state index in [4.69, 9.17) is 5.11 Å². The van der Waals surface area contributed by atoms with Gasteiger partial charge in [-0.15, -0.1) is 0 Å². The van der Waals surface area contributed by atoms with Gasteiger partial charge in [0.1, 0.15) is 0 Å². The first-order chi connectivity index (χ1) is 9.50. The number of rotatable bonds is 4. The maximum atomic E-state index is 11.4. The zero-order valence-corrected chi connectivity index (χ0v) is 11.1. The van der Waals surface area contributed by atoms with E-state index >= 15 is 0 Å². The van der Waals surface area contributed by atoms with Gasteiger partial charge in [-0.3, -0.25) is 0 Å². The quantitative estimate of drug-likeness (QED) is 0.785. The molecule has 5 heteroatoms. The van der Waals surface area contributed by atoms with Crippen molar-refractivity contribution in [3.8, 4) is 0 Å². The maximum absolute atomic E-state index is 11.4. The number of benzene rings is 1. The summed E-state index contributed by atoms with van der Waals surface area (Å²) in [7, 11) is 0. The molecule has 1 aromatic carbocycles. The predicted molar refractivity (Wildman–Crippen MR) is 72.2 cm³/mol. The highest BCUT2D eigenvalue weighted by atomic mass is 16.4. The van der Waals surface area contributed by atoms with Crippen molar-refractivity contribution in [3.63, 3.8) is 0 Å². The average Bonchev–Trinajstić information content (AvgIpc) is 2.47. The Morgan fingerprint density at radius 2 is 1.70 bits per heavy atom. The number of carbonyl (C=O) groups is 2. The molecule has 0 saturated heterocycles. The van der Waals surface area contributed by atoms with Crippen molar-refractivity contribution in [1.29, 1.82) is 0 Å². The summed E-state index contributed by atoms with van der Waals surface area (Å²) < 4.78 is 0. The zero-order chi connectivity index (χ0) is 14.8. The van der Waals surface area contributed by atoms with Crippen molar-refractivity contribution in [2.75, 3.05) is 6.61 Å². The molecule has 0 amide bonds. The number of carboxylic acids is 2. The molecule has 0 radical (unpaired) electrons. The van der Waals surface area contributed by atoms with E-state index in [0.29, 0.717) is 18.4 Å². The monoisotopic (exact) mass is 278 g/mol. The molecular weight excluding hydrogens is 260 g/mol. The number of aliphatic hydroxyl groups is 1.